The van der Waals surface area contributed by atoms with E-state index in [1.54, 1.807) is 0 Å². The van der Waals surface area contributed by atoms with E-state index in [0.717, 1.165) is 0 Å². The van der Waals surface area contributed by atoms with E-state index in [9.17, 15) is 9.18 Å². The number of halogens is 1. The highest BCUT2D eigenvalue weighted by Crippen LogP contribution is 2.12. The maximum Gasteiger partial charge on any atom is 0.439 e. The van der Waals surface area contributed by atoms with E-state index in [1.807, 2.05) is 0 Å². The second kappa shape index (κ2) is 2.85. The van der Waals surface area contributed by atoms with E-state index in [0.29, 0.717) is 11.4 Å². The molecule has 1 aromatic heterocycles. The maximum absolute atomic E-state index is 12.5. The van der Waals surface area contributed by atoms with E-state index >= 15 is 0 Å². The van der Waals surface area contributed by atoms with Crippen molar-refractivity contribution in [2.75, 3.05) is 0 Å². The van der Waals surface area contributed by atoms with Crippen LogP contribution in [-0.2, 0) is 0 Å². The average Bonchev–Trinajstić information content (AvgIpc) is 2.53. The molecule has 2 aromatic rings. The molecule has 0 atom stereocenters. The Morgan fingerprint density at radius 2 is 2.00 bits per heavy atom. The van der Waals surface area contributed by atoms with Crippen LogP contribution in [0, 0.1) is 5.82 Å². The zero-order valence-corrected chi connectivity index (χ0v) is 6.45. The van der Waals surface area contributed by atoms with Gasteiger partial charge in [-0.2, -0.15) is 0 Å². The van der Waals surface area contributed by atoms with Crippen LogP contribution in [0.25, 0.3) is 11.4 Å². The van der Waals surface area contributed by atoms with Gasteiger partial charge in [0.25, 0.3) is 0 Å². The lowest BCUT2D eigenvalue weighted by Gasteiger charge is -1.92. The highest BCUT2D eigenvalue weighted by atomic mass is 19.1. The van der Waals surface area contributed by atoms with Gasteiger partial charge >= 0.3 is 5.76 Å². The third-order valence-corrected chi connectivity index (χ3v) is 1.56. The largest absolute Gasteiger partial charge is 0.439 e. The first kappa shape index (κ1) is 7.72. The van der Waals surface area contributed by atoms with Crippen molar-refractivity contribution in [1.29, 1.82) is 0 Å². The lowest BCUT2D eigenvalue weighted by Crippen LogP contribution is -1.94. The number of H-pyrrole nitrogens is 1. The molecule has 0 bridgehead atoms. The molecule has 1 heterocycles. The van der Waals surface area contributed by atoms with Crippen LogP contribution >= 0.6 is 0 Å². The van der Waals surface area contributed by atoms with Gasteiger partial charge in [-0.3, -0.25) is 9.51 Å². The SMILES string of the molecule is O=c1[nH]c(-c2ccc(F)cc2)no1. The van der Waals surface area contributed by atoms with Crippen LogP contribution < -0.4 is 5.76 Å². The minimum Gasteiger partial charge on any atom is -0.296 e. The van der Waals surface area contributed by atoms with Crippen molar-refractivity contribution in [3.8, 4) is 11.4 Å². The van der Waals surface area contributed by atoms with E-state index < -0.39 is 5.76 Å². The summed E-state index contributed by atoms with van der Waals surface area (Å²) >= 11 is 0. The van der Waals surface area contributed by atoms with Crippen LogP contribution in [0.2, 0.25) is 0 Å². The number of nitrogens with zero attached hydrogens (tertiary/aromatic N) is 1. The number of benzene rings is 1. The third kappa shape index (κ3) is 1.48. The van der Waals surface area contributed by atoms with Gasteiger partial charge < -0.3 is 0 Å². The van der Waals surface area contributed by atoms with Gasteiger partial charge in [0.15, 0.2) is 5.82 Å². The Balaban J connectivity index is 2.47. The fourth-order valence-electron chi connectivity index (χ4n) is 0.962. The van der Waals surface area contributed by atoms with Gasteiger partial charge in [0.05, 0.1) is 0 Å². The van der Waals surface area contributed by atoms with Crippen LogP contribution in [-0.4, -0.2) is 10.1 Å². The summed E-state index contributed by atoms with van der Waals surface area (Å²) in [6.45, 7) is 0. The Morgan fingerprint density at radius 3 is 2.54 bits per heavy atom. The van der Waals surface area contributed by atoms with Crippen molar-refractivity contribution in [2.45, 2.75) is 0 Å². The molecule has 0 radical (unpaired) electrons. The predicted molar refractivity (Wildman–Crippen MR) is 42.5 cm³/mol. The number of hydrogen-bond acceptors (Lipinski definition) is 3. The monoisotopic (exact) mass is 180 g/mol. The molecule has 4 nitrogen and oxygen atoms in total. The Bertz CT molecular complexity index is 457. The predicted octanol–water partition coefficient (Wildman–Crippen LogP) is 1.17. The number of aromatic nitrogens is 2. The normalized spacial score (nSPS) is 10.2. The summed E-state index contributed by atoms with van der Waals surface area (Å²) in [5.41, 5.74) is 0.604. The second-order valence-corrected chi connectivity index (χ2v) is 2.45. The van der Waals surface area contributed by atoms with Gasteiger partial charge in [-0.1, -0.05) is 5.16 Å². The zero-order valence-electron chi connectivity index (χ0n) is 6.45. The Labute approximate surface area is 72.0 Å². The van der Waals surface area contributed by atoms with Crippen molar-refractivity contribution in [1.82, 2.24) is 10.1 Å². The smallest absolute Gasteiger partial charge is 0.296 e. The fraction of sp³-hybridized carbons (Fsp3) is 0. The summed E-state index contributed by atoms with van der Waals surface area (Å²) in [6.07, 6.45) is 0. The standard InChI is InChI=1S/C8H5FN2O2/c9-6-3-1-5(2-4-6)7-10-8(12)13-11-7/h1-4H,(H,10,11,12). The zero-order chi connectivity index (χ0) is 9.26. The van der Waals surface area contributed by atoms with Crippen molar-refractivity contribution in [3.63, 3.8) is 0 Å². The summed E-state index contributed by atoms with van der Waals surface area (Å²) in [7, 11) is 0. The second-order valence-electron chi connectivity index (χ2n) is 2.45. The fourth-order valence-corrected chi connectivity index (χ4v) is 0.962. The van der Waals surface area contributed by atoms with Crippen molar-refractivity contribution < 1.29 is 8.91 Å². The number of nitrogens with one attached hydrogen (secondary N) is 1. The molecule has 0 fully saturated rings. The van der Waals surface area contributed by atoms with Gasteiger partial charge in [-0.15, -0.1) is 0 Å². The minimum atomic E-state index is -0.626. The summed E-state index contributed by atoms with van der Waals surface area (Å²) in [5, 5.41) is 3.45. The number of hydrogen-bond donors (Lipinski definition) is 1. The van der Waals surface area contributed by atoms with E-state index in [-0.39, 0.29) is 5.82 Å². The molecular formula is C8H5FN2O2. The molecule has 0 saturated carbocycles. The average molecular weight is 180 g/mol. The molecule has 0 aliphatic rings. The highest BCUT2D eigenvalue weighted by molar-refractivity contribution is 5.53. The van der Waals surface area contributed by atoms with Crippen molar-refractivity contribution in [3.05, 3.63) is 40.6 Å². The van der Waals surface area contributed by atoms with E-state index in [4.69, 9.17) is 0 Å². The highest BCUT2D eigenvalue weighted by Gasteiger charge is 2.02. The molecule has 0 spiro atoms. The molecule has 66 valence electrons. The van der Waals surface area contributed by atoms with Crippen molar-refractivity contribution >= 4 is 0 Å². The number of rotatable bonds is 1. The molecular weight excluding hydrogens is 175 g/mol. The Hall–Kier alpha value is -1.91. The summed E-state index contributed by atoms with van der Waals surface area (Å²) in [6, 6.07) is 5.57. The molecule has 0 amide bonds. The topological polar surface area (TPSA) is 58.9 Å². The number of aromatic amines is 1. The van der Waals surface area contributed by atoms with Crippen LogP contribution in [0.1, 0.15) is 0 Å². The third-order valence-electron chi connectivity index (χ3n) is 1.56. The van der Waals surface area contributed by atoms with Crippen LogP contribution in [0.15, 0.2) is 33.6 Å². The van der Waals surface area contributed by atoms with Crippen LogP contribution in [0.3, 0.4) is 0 Å². The van der Waals surface area contributed by atoms with E-state index in [1.165, 1.54) is 24.3 Å². The molecule has 0 aliphatic heterocycles. The summed E-state index contributed by atoms with van der Waals surface area (Å²) in [4.78, 5) is 12.9. The van der Waals surface area contributed by atoms with Gasteiger partial charge in [-0.25, -0.2) is 9.18 Å². The minimum absolute atomic E-state index is 0.296. The molecule has 0 saturated heterocycles. The van der Waals surface area contributed by atoms with Crippen LogP contribution in [0.5, 0.6) is 0 Å². The first-order valence-corrected chi connectivity index (χ1v) is 3.57. The lowest BCUT2D eigenvalue weighted by molar-refractivity contribution is 0.388. The van der Waals surface area contributed by atoms with Crippen molar-refractivity contribution in [2.24, 2.45) is 0 Å². The first-order valence-electron chi connectivity index (χ1n) is 3.57. The molecule has 5 heteroatoms. The maximum atomic E-state index is 12.5. The molecule has 13 heavy (non-hydrogen) atoms. The van der Waals surface area contributed by atoms with Crippen LogP contribution in [0.4, 0.5) is 4.39 Å². The van der Waals surface area contributed by atoms with Gasteiger partial charge in [0.2, 0.25) is 0 Å². The molecule has 1 aromatic carbocycles. The Kier molecular flexibility index (Phi) is 1.70. The lowest BCUT2D eigenvalue weighted by atomic mass is 10.2. The molecule has 0 unspecified atom stereocenters. The molecule has 1 N–H and O–H groups in total. The Morgan fingerprint density at radius 1 is 1.31 bits per heavy atom. The quantitative estimate of drug-likeness (QED) is 0.716. The van der Waals surface area contributed by atoms with Gasteiger partial charge in [-0.05, 0) is 24.3 Å². The summed E-state index contributed by atoms with van der Waals surface area (Å²) in [5.74, 6) is -0.668. The first-order chi connectivity index (χ1) is 6.25. The molecule has 0 aliphatic carbocycles. The van der Waals surface area contributed by atoms with Gasteiger partial charge in [0.1, 0.15) is 5.82 Å². The summed E-state index contributed by atoms with van der Waals surface area (Å²) < 4.78 is 16.8. The van der Waals surface area contributed by atoms with E-state index in [2.05, 4.69) is 14.7 Å². The van der Waals surface area contributed by atoms with Gasteiger partial charge in [0, 0.05) is 5.56 Å². The molecule has 2 rings (SSSR count).